The highest BCUT2D eigenvalue weighted by Gasteiger charge is 2.22. The Kier molecular flexibility index (Phi) is 6.57. The minimum atomic E-state index is -0.529. The lowest BCUT2D eigenvalue weighted by Crippen LogP contribution is -2.42. The molecule has 25 heavy (non-hydrogen) atoms. The van der Waals surface area contributed by atoms with Gasteiger partial charge in [0.1, 0.15) is 6.61 Å². The number of carbonyl (C=O) groups is 2. The number of benzene rings is 2. The molecule has 5 heteroatoms. The second kappa shape index (κ2) is 8.87. The number of amides is 2. The maximum absolute atomic E-state index is 12.1. The number of hydrogen-bond donors (Lipinski definition) is 2. The molecular weight excluding hydrogens is 316 g/mol. The Morgan fingerprint density at radius 3 is 2.20 bits per heavy atom. The van der Waals surface area contributed by atoms with Gasteiger partial charge < -0.3 is 15.4 Å². The van der Waals surface area contributed by atoms with Crippen LogP contribution in [0.1, 0.15) is 31.4 Å². The van der Waals surface area contributed by atoms with Crippen LogP contribution in [0.5, 0.6) is 0 Å². The fraction of sp³-hybridized carbons (Fsp3) is 0.300. The van der Waals surface area contributed by atoms with E-state index in [1.165, 1.54) is 0 Å². The smallest absolute Gasteiger partial charge is 0.407 e. The van der Waals surface area contributed by atoms with Gasteiger partial charge in [-0.05, 0) is 25.0 Å². The molecule has 2 aromatic carbocycles. The summed E-state index contributed by atoms with van der Waals surface area (Å²) >= 11 is 0. The van der Waals surface area contributed by atoms with E-state index in [1.807, 2.05) is 74.5 Å². The first kappa shape index (κ1) is 18.5. The maximum atomic E-state index is 12.1. The minimum Gasteiger partial charge on any atom is -0.445 e. The normalized spacial score (nSPS) is 10.8. The molecule has 5 nitrogen and oxygen atoms in total. The number of hydrogen-bond acceptors (Lipinski definition) is 3. The zero-order valence-corrected chi connectivity index (χ0v) is 14.6. The van der Waals surface area contributed by atoms with Crippen LogP contribution in [0.25, 0.3) is 0 Å². The fourth-order valence-corrected chi connectivity index (χ4v) is 2.39. The Bertz CT molecular complexity index is 685. The number of carbonyl (C=O) groups excluding carboxylic acids is 2. The van der Waals surface area contributed by atoms with Gasteiger partial charge in [-0.15, -0.1) is 0 Å². The number of nitrogens with one attached hydrogen (secondary N) is 2. The molecule has 0 aliphatic carbocycles. The summed E-state index contributed by atoms with van der Waals surface area (Å²) in [6, 6.07) is 19.2. The van der Waals surface area contributed by atoms with E-state index in [-0.39, 0.29) is 25.5 Å². The van der Waals surface area contributed by atoms with Gasteiger partial charge in [0.2, 0.25) is 5.91 Å². The van der Waals surface area contributed by atoms with Crippen LogP contribution >= 0.6 is 0 Å². The van der Waals surface area contributed by atoms with Crippen LogP contribution in [0.4, 0.5) is 4.79 Å². The average molecular weight is 340 g/mol. The molecule has 2 amide bonds. The summed E-state index contributed by atoms with van der Waals surface area (Å²) < 4.78 is 5.10. The third kappa shape index (κ3) is 6.30. The molecule has 0 spiro atoms. The van der Waals surface area contributed by atoms with E-state index in [2.05, 4.69) is 10.6 Å². The summed E-state index contributed by atoms with van der Waals surface area (Å²) in [6.07, 6.45) is -0.338. The Morgan fingerprint density at radius 1 is 0.960 bits per heavy atom. The largest absolute Gasteiger partial charge is 0.445 e. The predicted molar refractivity (Wildman–Crippen MR) is 96.9 cm³/mol. The van der Waals surface area contributed by atoms with Crippen LogP contribution in [0.3, 0.4) is 0 Å². The van der Waals surface area contributed by atoms with Gasteiger partial charge in [0.15, 0.2) is 0 Å². The molecule has 0 bridgehead atoms. The van der Waals surface area contributed by atoms with Gasteiger partial charge in [0.25, 0.3) is 0 Å². The highest BCUT2D eigenvalue weighted by Crippen LogP contribution is 2.19. The van der Waals surface area contributed by atoms with Gasteiger partial charge in [-0.25, -0.2) is 4.79 Å². The van der Waals surface area contributed by atoms with Crippen LogP contribution in [0.15, 0.2) is 60.7 Å². The lowest BCUT2D eigenvalue weighted by Gasteiger charge is -2.27. The zero-order valence-electron chi connectivity index (χ0n) is 14.6. The monoisotopic (exact) mass is 340 g/mol. The van der Waals surface area contributed by atoms with Gasteiger partial charge in [0, 0.05) is 13.0 Å². The Labute approximate surface area is 148 Å². The molecule has 0 saturated carbocycles. The molecule has 0 saturated heterocycles. The first-order valence-electron chi connectivity index (χ1n) is 8.28. The molecule has 0 aliphatic heterocycles. The molecule has 2 aromatic rings. The van der Waals surface area contributed by atoms with Crippen molar-refractivity contribution in [2.75, 3.05) is 6.54 Å². The van der Waals surface area contributed by atoms with Crippen molar-refractivity contribution < 1.29 is 14.3 Å². The Hall–Kier alpha value is -2.82. The van der Waals surface area contributed by atoms with Gasteiger partial charge in [0.05, 0.1) is 5.54 Å². The second-order valence-electron chi connectivity index (χ2n) is 6.28. The van der Waals surface area contributed by atoms with Gasteiger partial charge in [-0.2, -0.15) is 0 Å². The SMILES string of the molecule is CC(C)(NC(=O)CCNC(=O)OCc1ccccc1)c1ccccc1. The first-order chi connectivity index (χ1) is 12.0. The molecule has 0 radical (unpaired) electrons. The predicted octanol–water partition coefficient (Wildman–Crippen LogP) is 3.35. The van der Waals surface area contributed by atoms with E-state index in [9.17, 15) is 9.59 Å². The third-order valence-electron chi connectivity index (χ3n) is 3.78. The van der Waals surface area contributed by atoms with Crippen molar-refractivity contribution in [1.29, 1.82) is 0 Å². The van der Waals surface area contributed by atoms with Crippen LogP contribution < -0.4 is 10.6 Å². The number of ether oxygens (including phenoxy) is 1. The fourth-order valence-electron chi connectivity index (χ4n) is 2.39. The molecule has 0 fully saturated rings. The van der Waals surface area contributed by atoms with Crippen LogP contribution in [-0.4, -0.2) is 18.5 Å². The average Bonchev–Trinajstić information content (AvgIpc) is 2.61. The Balaban J connectivity index is 1.69. The Morgan fingerprint density at radius 2 is 1.56 bits per heavy atom. The molecule has 0 atom stereocenters. The third-order valence-corrected chi connectivity index (χ3v) is 3.78. The summed E-state index contributed by atoms with van der Waals surface area (Å²) in [5, 5.41) is 5.56. The van der Waals surface area contributed by atoms with Crippen LogP contribution in [0.2, 0.25) is 0 Å². The zero-order chi connectivity index (χ0) is 18.1. The van der Waals surface area contributed by atoms with E-state index < -0.39 is 11.6 Å². The highest BCUT2D eigenvalue weighted by atomic mass is 16.5. The van der Waals surface area contributed by atoms with Gasteiger partial charge >= 0.3 is 6.09 Å². The molecule has 0 aliphatic rings. The highest BCUT2D eigenvalue weighted by molar-refractivity contribution is 5.78. The summed E-state index contributed by atoms with van der Waals surface area (Å²) in [5.41, 5.74) is 1.48. The quantitative estimate of drug-likeness (QED) is 0.812. The lowest BCUT2D eigenvalue weighted by atomic mass is 9.94. The van der Waals surface area contributed by atoms with E-state index in [4.69, 9.17) is 4.74 Å². The first-order valence-corrected chi connectivity index (χ1v) is 8.28. The summed E-state index contributed by atoms with van der Waals surface area (Å²) in [7, 11) is 0. The number of rotatable bonds is 7. The molecule has 2 N–H and O–H groups in total. The molecule has 0 unspecified atom stereocenters. The van der Waals surface area contributed by atoms with E-state index in [0.29, 0.717) is 0 Å². The summed E-state index contributed by atoms with van der Waals surface area (Å²) in [6.45, 7) is 4.33. The molecular formula is C20H24N2O3. The molecule has 2 rings (SSSR count). The van der Waals surface area contributed by atoms with Crippen molar-refractivity contribution in [3.8, 4) is 0 Å². The van der Waals surface area contributed by atoms with Crippen molar-refractivity contribution in [2.24, 2.45) is 0 Å². The standard InChI is InChI=1S/C20H24N2O3/c1-20(2,17-11-7-4-8-12-17)22-18(23)13-14-21-19(24)25-15-16-9-5-3-6-10-16/h3-12H,13-15H2,1-2H3,(H,21,24)(H,22,23). The van der Waals surface area contributed by atoms with Gasteiger partial charge in [-0.3, -0.25) is 4.79 Å². The van der Waals surface area contributed by atoms with Crippen LogP contribution in [0, 0.1) is 0 Å². The summed E-state index contributed by atoms with van der Waals surface area (Å²) in [5.74, 6) is -0.128. The van der Waals surface area contributed by atoms with Gasteiger partial charge in [-0.1, -0.05) is 60.7 Å². The number of alkyl carbamates (subject to hydrolysis) is 1. The molecule has 0 heterocycles. The van der Waals surface area contributed by atoms with Crippen molar-refractivity contribution >= 4 is 12.0 Å². The van der Waals surface area contributed by atoms with E-state index >= 15 is 0 Å². The van der Waals surface area contributed by atoms with Crippen LogP contribution in [-0.2, 0) is 21.7 Å². The molecule has 132 valence electrons. The van der Waals surface area contributed by atoms with Crippen molar-refractivity contribution in [3.63, 3.8) is 0 Å². The maximum Gasteiger partial charge on any atom is 0.407 e. The molecule has 0 aromatic heterocycles. The topological polar surface area (TPSA) is 67.4 Å². The van der Waals surface area contributed by atoms with E-state index in [1.54, 1.807) is 0 Å². The van der Waals surface area contributed by atoms with Crippen molar-refractivity contribution in [1.82, 2.24) is 10.6 Å². The lowest BCUT2D eigenvalue weighted by molar-refractivity contribution is -0.122. The second-order valence-corrected chi connectivity index (χ2v) is 6.28. The van der Waals surface area contributed by atoms with Crippen molar-refractivity contribution in [3.05, 3.63) is 71.8 Å². The van der Waals surface area contributed by atoms with Crippen molar-refractivity contribution in [2.45, 2.75) is 32.4 Å². The summed E-state index contributed by atoms with van der Waals surface area (Å²) in [4.78, 5) is 23.7. The van der Waals surface area contributed by atoms with E-state index in [0.717, 1.165) is 11.1 Å². The minimum absolute atomic E-state index is 0.128.